The molecule has 1 heterocycles. The molecule has 3 heteroatoms. The van der Waals surface area contributed by atoms with Crippen LogP contribution in [-0.4, -0.2) is 16.5 Å². The second-order valence-electron chi connectivity index (χ2n) is 1.60. The van der Waals surface area contributed by atoms with Gasteiger partial charge in [0.05, 0.1) is 0 Å². The molecule has 0 bridgehead atoms. The lowest BCUT2D eigenvalue weighted by Crippen LogP contribution is -2.00. The summed E-state index contributed by atoms with van der Waals surface area (Å²) in [6.07, 6.45) is 3.43. The van der Waals surface area contributed by atoms with Gasteiger partial charge in [0.15, 0.2) is 0 Å². The average Bonchev–Trinajstić information content (AvgIpc) is 1.91. The third-order valence-corrected chi connectivity index (χ3v) is 0.901. The van der Waals surface area contributed by atoms with Crippen LogP contribution in [0, 0.1) is 0 Å². The number of nitrogens with zero attached hydrogens (tertiary/aromatic N) is 2. The van der Waals surface area contributed by atoms with E-state index in [9.17, 15) is 0 Å². The normalized spacial score (nSPS) is 9.00. The molecular weight excluding hydrogens is 114 g/mol. The van der Waals surface area contributed by atoms with Gasteiger partial charge in [-0.15, -0.1) is 0 Å². The third-order valence-electron chi connectivity index (χ3n) is 0.901. The Morgan fingerprint density at radius 3 is 2.78 bits per heavy atom. The van der Waals surface area contributed by atoms with E-state index in [4.69, 9.17) is 0 Å². The average molecular weight is 125 g/mol. The molecule has 0 aliphatic heterocycles. The summed E-state index contributed by atoms with van der Waals surface area (Å²) in [6, 6.07) is 1.79. The van der Waals surface area contributed by atoms with Crippen LogP contribution < -0.4 is 5.32 Å². The topological polar surface area (TPSA) is 37.8 Å². The first-order valence-electron chi connectivity index (χ1n) is 2.94. The van der Waals surface area contributed by atoms with E-state index in [0.717, 1.165) is 6.54 Å². The van der Waals surface area contributed by atoms with Crippen LogP contribution in [0.5, 0.6) is 0 Å². The van der Waals surface area contributed by atoms with Crippen LogP contribution >= 0.6 is 0 Å². The van der Waals surface area contributed by atoms with E-state index < -0.39 is 0 Å². The van der Waals surface area contributed by atoms with Crippen LogP contribution in [0.15, 0.2) is 18.5 Å². The minimum atomic E-state index is 0. The number of hydrogen-bond donors (Lipinski definition) is 1. The van der Waals surface area contributed by atoms with E-state index in [1.165, 1.54) is 0 Å². The number of rotatable bonds is 2. The van der Waals surface area contributed by atoms with E-state index in [-0.39, 0.29) is 1.43 Å². The van der Waals surface area contributed by atoms with Crippen molar-refractivity contribution in [3.63, 3.8) is 0 Å². The highest BCUT2D eigenvalue weighted by Crippen LogP contribution is 1.90. The summed E-state index contributed by atoms with van der Waals surface area (Å²) in [6.45, 7) is 2.88. The lowest BCUT2D eigenvalue weighted by atomic mass is 10.6. The van der Waals surface area contributed by atoms with Gasteiger partial charge in [0.1, 0.15) is 0 Å². The predicted molar refractivity (Wildman–Crippen MR) is 38.3 cm³/mol. The highest BCUT2D eigenvalue weighted by Gasteiger charge is 1.85. The maximum Gasteiger partial charge on any atom is 0.222 e. The molecule has 0 fully saturated rings. The van der Waals surface area contributed by atoms with Gasteiger partial charge in [0.2, 0.25) is 5.95 Å². The Morgan fingerprint density at radius 1 is 1.56 bits per heavy atom. The van der Waals surface area contributed by atoms with Crippen molar-refractivity contribution in [2.75, 3.05) is 11.9 Å². The predicted octanol–water partition coefficient (Wildman–Crippen LogP) is 1.15. The van der Waals surface area contributed by atoms with Crippen LogP contribution in [0.4, 0.5) is 5.95 Å². The van der Waals surface area contributed by atoms with Gasteiger partial charge in [0.25, 0.3) is 0 Å². The summed E-state index contributed by atoms with van der Waals surface area (Å²) in [7, 11) is 0. The SMILES string of the molecule is CCNc1ncccn1.[HH]. The zero-order chi connectivity index (χ0) is 6.53. The molecule has 1 N–H and O–H groups in total. The first-order chi connectivity index (χ1) is 4.43. The maximum atomic E-state index is 3.95. The lowest BCUT2D eigenvalue weighted by Gasteiger charge is -1.96. The highest BCUT2D eigenvalue weighted by atomic mass is 15.1. The molecule has 3 nitrogen and oxygen atoms in total. The molecule has 0 aliphatic rings. The highest BCUT2D eigenvalue weighted by molar-refractivity contribution is 5.20. The zero-order valence-electron chi connectivity index (χ0n) is 5.33. The van der Waals surface area contributed by atoms with E-state index in [0.29, 0.717) is 5.95 Å². The molecule has 0 radical (unpaired) electrons. The van der Waals surface area contributed by atoms with E-state index in [2.05, 4.69) is 15.3 Å². The van der Waals surface area contributed by atoms with E-state index >= 15 is 0 Å². The van der Waals surface area contributed by atoms with E-state index in [1.54, 1.807) is 18.5 Å². The molecule has 50 valence electrons. The molecule has 0 saturated carbocycles. The van der Waals surface area contributed by atoms with Crippen molar-refractivity contribution in [2.45, 2.75) is 6.92 Å². The first-order valence-corrected chi connectivity index (χ1v) is 2.94. The van der Waals surface area contributed by atoms with Gasteiger partial charge >= 0.3 is 0 Å². The number of nitrogens with one attached hydrogen (secondary N) is 1. The summed E-state index contributed by atoms with van der Waals surface area (Å²) in [4.78, 5) is 7.89. The lowest BCUT2D eigenvalue weighted by molar-refractivity contribution is 1.08. The molecule has 0 aliphatic carbocycles. The minimum absolute atomic E-state index is 0. The molecule has 0 aromatic carbocycles. The van der Waals surface area contributed by atoms with Crippen molar-refractivity contribution in [1.82, 2.24) is 9.97 Å². The molecular formula is C6H11N3. The van der Waals surface area contributed by atoms with Crippen molar-refractivity contribution in [3.05, 3.63) is 18.5 Å². The van der Waals surface area contributed by atoms with E-state index in [1.807, 2.05) is 6.92 Å². The standard InChI is InChI=1S/C6H9N3.H2/c1-2-7-6-8-4-3-5-9-6;/h3-5H,2H2,1H3,(H,7,8,9);1H. The van der Waals surface area contributed by atoms with Gasteiger partial charge in [-0.2, -0.15) is 0 Å². The minimum Gasteiger partial charge on any atom is -0.355 e. The fourth-order valence-electron chi connectivity index (χ4n) is 0.548. The Labute approximate surface area is 55.6 Å². The largest absolute Gasteiger partial charge is 0.355 e. The fraction of sp³-hybridized carbons (Fsp3) is 0.333. The number of aromatic nitrogens is 2. The van der Waals surface area contributed by atoms with Gasteiger partial charge in [0, 0.05) is 20.4 Å². The Hall–Kier alpha value is -1.12. The Morgan fingerprint density at radius 2 is 2.22 bits per heavy atom. The van der Waals surface area contributed by atoms with Crippen molar-refractivity contribution >= 4 is 5.95 Å². The molecule has 0 amide bonds. The summed E-state index contributed by atoms with van der Waals surface area (Å²) in [5, 5.41) is 2.99. The Kier molecular flexibility index (Phi) is 2.01. The first kappa shape index (κ1) is 6.01. The molecule has 1 aromatic heterocycles. The zero-order valence-corrected chi connectivity index (χ0v) is 5.33. The summed E-state index contributed by atoms with van der Waals surface area (Å²) in [5.74, 6) is 0.694. The second kappa shape index (κ2) is 3.02. The fourth-order valence-corrected chi connectivity index (χ4v) is 0.548. The van der Waals surface area contributed by atoms with Crippen molar-refractivity contribution in [1.29, 1.82) is 0 Å². The molecule has 9 heavy (non-hydrogen) atoms. The Balaban J connectivity index is 0.000000810. The van der Waals surface area contributed by atoms with Crippen LogP contribution in [0.1, 0.15) is 8.35 Å². The second-order valence-corrected chi connectivity index (χ2v) is 1.60. The maximum absolute atomic E-state index is 3.95. The summed E-state index contributed by atoms with van der Waals surface area (Å²) in [5.41, 5.74) is 0. The third kappa shape index (κ3) is 1.68. The Bertz CT molecular complexity index is 166. The van der Waals surface area contributed by atoms with Gasteiger partial charge in [-0.25, -0.2) is 9.97 Å². The molecule has 0 atom stereocenters. The summed E-state index contributed by atoms with van der Waals surface area (Å²) < 4.78 is 0. The van der Waals surface area contributed by atoms with Crippen LogP contribution in [0.3, 0.4) is 0 Å². The van der Waals surface area contributed by atoms with Crippen LogP contribution in [-0.2, 0) is 0 Å². The van der Waals surface area contributed by atoms with Gasteiger partial charge in [-0.1, -0.05) is 0 Å². The molecule has 0 unspecified atom stereocenters. The van der Waals surface area contributed by atoms with Crippen LogP contribution in [0.25, 0.3) is 0 Å². The quantitative estimate of drug-likeness (QED) is 0.644. The van der Waals surface area contributed by atoms with Crippen molar-refractivity contribution in [2.24, 2.45) is 0 Å². The molecule has 0 spiro atoms. The van der Waals surface area contributed by atoms with Crippen molar-refractivity contribution in [3.8, 4) is 0 Å². The van der Waals surface area contributed by atoms with Crippen molar-refractivity contribution < 1.29 is 1.43 Å². The molecule has 0 saturated heterocycles. The van der Waals surface area contributed by atoms with Crippen LogP contribution in [0.2, 0.25) is 0 Å². The van der Waals surface area contributed by atoms with Gasteiger partial charge in [-0.05, 0) is 13.0 Å². The van der Waals surface area contributed by atoms with Gasteiger partial charge in [-0.3, -0.25) is 0 Å². The molecule has 1 rings (SSSR count). The monoisotopic (exact) mass is 125 g/mol. The summed E-state index contributed by atoms with van der Waals surface area (Å²) >= 11 is 0. The smallest absolute Gasteiger partial charge is 0.222 e. The van der Waals surface area contributed by atoms with Gasteiger partial charge < -0.3 is 5.32 Å². The number of anilines is 1. The number of hydrogen-bond acceptors (Lipinski definition) is 3. The molecule has 1 aromatic rings.